The second kappa shape index (κ2) is 11.5. The minimum Gasteiger partial charge on any atom is -0.379 e. The van der Waals surface area contributed by atoms with Crippen molar-refractivity contribution < 1.29 is 32.2 Å². The van der Waals surface area contributed by atoms with E-state index in [2.05, 4.69) is 15.3 Å². The number of nitrogens with one attached hydrogen (secondary N) is 1. The number of carbonyl (C=O) groups excluding carboxylic acids is 1. The van der Waals surface area contributed by atoms with Crippen LogP contribution in [0.5, 0.6) is 0 Å². The van der Waals surface area contributed by atoms with Crippen molar-refractivity contribution in [2.24, 2.45) is 13.0 Å². The fourth-order valence-corrected chi connectivity index (χ4v) is 6.08. The topological polar surface area (TPSA) is 90.7 Å². The lowest BCUT2D eigenvalue weighted by Crippen LogP contribution is -2.50. The molecule has 1 aliphatic carbocycles. The number of pyridine rings is 1. The second-order valence-corrected chi connectivity index (χ2v) is 10.7. The molecule has 1 amide bonds. The van der Waals surface area contributed by atoms with Crippen molar-refractivity contribution in [2.45, 2.75) is 75.7 Å². The van der Waals surface area contributed by atoms with E-state index in [1.807, 2.05) is 24.7 Å². The third-order valence-electron chi connectivity index (χ3n) is 8.16. The van der Waals surface area contributed by atoms with E-state index in [0.717, 1.165) is 24.5 Å². The molecule has 9 nitrogen and oxygen atoms in total. The Bertz CT molecular complexity index is 1160. The van der Waals surface area contributed by atoms with Crippen molar-refractivity contribution in [3.8, 4) is 0 Å². The normalized spacial score (nSPS) is 28.4. The van der Waals surface area contributed by atoms with Gasteiger partial charge in [0.15, 0.2) is 0 Å². The Balaban J connectivity index is 1.33. The van der Waals surface area contributed by atoms with Crippen LogP contribution in [0, 0.1) is 5.92 Å². The first-order chi connectivity index (χ1) is 18.6. The standard InChI is InChI=1S/C27H36F3N5O4/c1-16(25-31-6-8-34(25)2)39-23-12-19(33-22-5-9-38-15-24(22)37-3)11-20(23)26(36)35-7-4-21-17(14-35)10-18(13-32-21)27(28,29)30/h6,8,10,13,16,19-20,22-24,33H,4-5,7,9,11-12,14-15H2,1-3H3/t16?,19?,20-,22?,23-,24?/m1/s1. The Morgan fingerprint density at radius 1 is 1.26 bits per heavy atom. The van der Waals surface area contributed by atoms with Crippen LogP contribution < -0.4 is 5.32 Å². The van der Waals surface area contributed by atoms with Crippen LogP contribution in [0.1, 0.15) is 54.9 Å². The maximum atomic E-state index is 13.9. The van der Waals surface area contributed by atoms with Gasteiger partial charge in [-0.2, -0.15) is 13.2 Å². The van der Waals surface area contributed by atoms with E-state index in [1.54, 1.807) is 18.2 Å². The molecule has 12 heteroatoms. The number of nitrogens with zero attached hydrogens (tertiary/aromatic N) is 4. The number of imidazole rings is 1. The quantitative estimate of drug-likeness (QED) is 0.566. The number of amides is 1. The van der Waals surface area contributed by atoms with Crippen molar-refractivity contribution in [2.75, 3.05) is 26.9 Å². The summed E-state index contributed by atoms with van der Waals surface area (Å²) in [6, 6.07) is 1.24. The van der Waals surface area contributed by atoms with Crippen molar-refractivity contribution in [3.63, 3.8) is 0 Å². The summed E-state index contributed by atoms with van der Waals surface area (Å²) in [5, 5.41) is 3.68. The number of alkyl halides is 3. The average Bonchev–Trinajstić information content (AvgIpc) is 3.53. The number of aryl methyl sites for hydroxylation is 1. The van der Waals surface area contributed by atoms with E-state index in [-0.39, 0.29) is 42.8 Å². The van der Waals surface area contributed by atoms with E-state index in [4.69, 9.17) is 14.2 Å². The number of fused-ring (bicyclic) bond motifs is 1. The Morgan fingerprint density at radius 2 is 2.08 bits per heavy atom. The highest BCUT2D eigenvalue weighted by molar-refractivity contribution is 5.80. The number of rotatable bonds is 7. The van der Waals surface area contributed by atoms with Crippen LogP contribution in [-0.2, 0) is 45.2 Å². The zero-order valence-corrected chi connectivity index (χ0v) is 22.5. The Morgan fingerprint density at radius 3 is 2.79 bits per heavy atom. The number of ether oxygens (including phenoxy) is 3. The number of carbonyl (C=O) groups is 1. The lowest BCUT2D eigenvalue weighted by atomic mass is 9.98. The molecule has 3 aliphatic rings. The molecule has 0 spiro atoms. The van der Waals surface area contributed by atoms with Gasteiger partial charge in [-0.05, 0) is 37.8 Å². The number of methoxy groups -OCH3 is 1. The molecule has 5 rings (SSSR count). The van der Waals surface area contributed by atoms with Gasteiger partial charge in [-0.15, -0.1) is 0 Å². The summed E-state index contributed by atoms with van der Waals surface area (Å²) >= 11 is 0. The van der Waals surface area contributed by atoms with Gasteiger partial charge in [-0.1, -0.05) is 0 Å². The van der Waals surface area contributed by atoms with E-state index < -0.39 is 17.7 Å². The summed E-state index contributed by atoms with van der Waals surface area (Å²) in [7, 11) is 3.57. The average molecular weight is 552 g/mol. The predicted molar refractivity (Wildman–Crippen MR) is 135 cm³/mol. The minimum absolute atomic E-state index is 0.0221. The molecule has 4 unspecified atom stereocenters. The van der Waals surface area contributed by atoms with Crippen LogP contribution in [-0.4, -0.2) is 76.5 Å². The zero-order chi connectivity index (χ0) is 27.7. The largest absolute Gasteiger partial charge is 0.417 e. The molecule has 2 aromatic heterocycles. The Labute approximate surface area is 226 Å². The molecule has 214 valence electrons. The fourth-order valence-electron chi connectivity index (χ4n) is 6.08. The first-order valence-electron chi connectivity index (χ1n) is 13.5. The summed E-state index contributed by atoms with van der Waals surface area (Å²) in [4.78, 5) is 24.0. The molecule has 0 bridgehead atoms. The van der Waals surface area contributed by atoms with Crippen molar-refractivity contribution in [1.82, 2.24) is 24.8 Å². The van der Waals surface area contributed by atoms with Crippen LogP contribution >= 0.6 is 0 Å². The summed E-state index contributed by atoms with van der Waals surface area (Å²) in [6.07, 6.45) is 1.58. The fraction of sp³-hybridized carbons (Fsp3) is 0.667. The van der Waals surface area contributed by atoms with Gasteiger partial charge in [-0.25, -0.2) is 4.98 Å². The molecular formula is C27H36F3N5O4. The predicted octanol–water partition coefficient (Wildman–Crippen LogP) is 3.04. The maximum Gasteiger partial charge on any atom is 0.417 e. The molecule has 1 saturated heterocycles. The molecule has 1 saturated carbocycles. The lowest BCUT2D eigenvalue weighted by molar-refractivity contribution is -0.142. The Kier molecular flexibility index (Phi) is 8.27. The molecule has 4 heterocycles. The third kappa shape index (κ3) is 6.13. The number of halogens is 3. The van der Waals surface area contributed by atoms with E-state index in [9.17, 15) is 18.0 Å². The lowest BCUT2D eigenvalue weighted by Gasteiger charge is -2.33. The van der Waals surface area contributed by atoms with Gasteiger partial charge in [0.05, 0.1) is 30.3 Å². The van der Waals surface area contributed by atoms with Crippen LogP contribution in [0.2, 0.25) is 0 Å². The van der Waals surface area contributed by atoms with Crippen LogP contribution in [0.4, 0.5) is 13.2 Å². The van der Waals surface area contributed by atoms with Gasteiger partial charge in [-0.3, -0.25) is 9.78 Å². The van der Waals surface area contributed by atoms with Crippen molar-refractivity contribution >= 4 is 5.91 Å². The van der Waals surface area contributed by atoms with Crippen molar-refractivity contribution in [3.05, 3.63) is 47.3 Å². The monoisotopic (exact) mass is 551 g/mol. The van der Waals surface area contributed by atoms with E-state index in [0.29, 0.717) is 50.3 Å². The number of hydrogen-bond acceptors (Lipinski definition) is 7. The molecule has 2 fully saturated rings. The van der Waals surface area contributed by atoms with Gasteiger partial charge in [0.25, 0.3) is 0 Å². The van der Waals surface area contributed by atoms with Gasteiger partial charge < -0.3 is 29.0 Å². The van der Waals surface area contributed by atoms with Gasteiger partial charge in [0.2, 0.25) is 5.91 Å². The van der Waals surface area contributed by atoms with Crippen molar-refractivity contribution in [1.29, 1.82) is 0 Å². The second-order valence-electron chi connectivity index (χ2n) is 10.7. The summed E-state index contributed by atoms with van der Waals surface area (Å²) in [5.41, 5.74) is 0.260. The summed E-state index contributed by atoms with van der Waals surface area (Å²) in [5.74, 6) is 0.222. The SMILES string of the molecule is COC1COCCC1NC1C[C@@H](OC(C)c2nccn2C)[C@H](C(=O)N2CCc3ncc(C(F)(F)F)cc3C2)C1. The minimum atomic E-state index is -4.48. The van der Waals surface area contributed by atoms with Crippen LogP contribution in [0.3, 0.4) is 0 Å². The Hall–Kier alpha value is -2.54. The first kappa shape index (κ1) is 28.0. The number of hydrogen-bond donors (Lipinski definition) is 1. The molecule has 0 aromatic carbocycles. The molecule has 2 aliphatic heterocycles. The van der Waals surface area contributed by atoms with E-state index >= 15 is 0 Å². The molecule has 39 heavy (non-hydrogen) atoms. The van der Waals surface area contributed by atoms with Gasteiger partial charge >= 0.3 is 6.18 Å². The maximum absolute atomic E-state index is 13.9. The highest BCUT2D eigenvalue weighted by atomic mass is 19.4. The van der Waals surface area contributed by atoms with E-state index in [1.165, 1.54) is 0 Å². The molecule has 2 aromatic rings. The first-order valence-corrected chi connectivity index (χ1v) is 13.5. The van der Waals surface area contributed by atoms with Gasteiger partial charge in [0.1, 0.15) is 11.9 Å². The third-order valence-corrected chi connectivity index (χ3v) is 8.16. The molecule has 6 atom stereocenters. The summed E-state index contributed by atoms with van der Waals surface area (Å²) in [6.45, 7) is 3.59. The smallest absolute Gasteiger partial charge is 0.379 e. The van der Waals surface area contributed by atoms with Gasteiger partial charge in [0, 0.05) is 76.6 Å². The highest BCUT2D eigenvalue weighted by Gasteiger charge is 2.44. The molecule has 0 radical (unpaired) electrons. The van der Waals surface area contributed by atoms with Crippen LogP contribution in [0.25, 0.3) is 0 Å². The summed E-state index contributed by atoms with van der Waals surface area (Å²) < 4.78 is 59.4. The van der Waals surface area contributed by atoms with Crippen LogP contribution in [0.15, 0.2) is 24.7 Å². The molecular weight excluding hydrogens is 515 g/mol. The zero-order valence-electron chi connectivity index (χ0n) is 22.5. The highest BCUT2D eigenvalue weighted by Crippen LogP contribution is 2.36. The molecule has 1 N–H and O–H groups in total. The number of aromatic nitrogens is 3.